The molecule has 0 amide bonds. The zero-order valence-corrected chi connectivity index (χ0v) is 11.9. The van der Waals surface area contributed by atoms with E-state index in [0.29, 0.717) is 0 Å². The summed E-state index contributed by atoms with van der Waals surface area (Å²) in [4.78, 5) is 4.70. The van der Waals surface area contributed by atoms with Crippen molar-refractivity contribution in [3.8, 4) is 0 Å². The molecule has 0 aliphatic carbocycles. The van der Waals surface area contributed by atoms with E-state index in [1.807, 2.05) is 6.07 Å². The van der Waals surface area contributed by atoms with Gasteiger partial charge in [-0.05, 0) is 30.5 Å². The Labute approximate surface area is 117 Å². The molecule has 0 aliphatic heterocycles. The van der Waals surface area contributed by atoms with Crippen molar-refractivity contribution in [1.29, 1.82) is 0 Å². The molecule has 1 aromatic heterocycles. The molecule has 3 heteroatoms. The van der Waals surface area contributed by atoms with Crippen LogP contribution in [0.3, 0.4) is 0 Å². The summed E-state index contributed by atoms with van der Waals surface area (Å²) >= 11 is 1.74. The standard InChI is InChI=1S/C16H16N2S/c1-11-8-9-12(2)15-14(11)18-16(19-15)17-10-13-6-4-3-5-7-13/h3-9H,10H2,1-2H3,(H,17,18). The molecule has 1 heterocycles. The van der Waals surface area contributed by atoms with Crippen LogP contribution in [-0.4, -0.2) is 4.98 Å². The van der Waals surface area contributed by atoms with E-state index in [9.17, 15) is 0 Å². The first-order valence-electron chi connectivity index (χ1n) is 6.38. The van der Waals surface area contributed by atoms with Crippen LogP contribution in [-0.2, 0) is 6.54 Å². The van der Waals surface area contributed by atoms with Gasteiger partial charge in [0.25, 0.3) is 0 Å². The number of benzene rings is 2. The summed E-state index contributed by atoms with van der Waals surface area (Å²) in [5.74, 6) is 0. The Kier molecular flexibility index (Phi) is 3.22. The molecule has 0 spiro atoms. The van der Waals surface area contributed by atoms with Gasteiger partial charge in [-0.1, -0.05) is 53.8 Å². The van der Waals surface area contributed by atoms with Gasteiger partial charge in [0, 0.05) is 6.54 Å². The van der Waals surface area contributed by atoms with Crippen LogP contribution < -0.4 is 5.32 Å². The van der Waals surface area contributed by atoms with E-state index in [1.54, 1.807) is 11.3 Å². The van der Waals surface area contributed by atoms with Gasteiger partial charge in [0.15, 0.2) is 5.13 Å². The van der Waals surface area contributed by atoms with Crippen molar-refractivity contribution in [1.82, 2.24) is 4.98 Å². The van der Waals surface area contributed by atoms with Crippen LogP contribution >= 0.6 is 11.3 Å². The molecule has 3 rings (SSSR count). The zero-order valence-electron chi connectivity index (χ0n) is 11.1. The van der Waals surface area contributed by atoms with Crippen LogP contribution in [0.2, 0.25) is 0 Å². The largest absolute Gasteiger partial charge is 0.357 e. The molecule has 0 fully saturated rings. The Balaban J connectivity index is 1.86. The van der Waals surface area contributed by atoms with Gasteiger partial charge in [-0.3, -0.25) is 0 Å². The molecule has 0 radical (unpaired) electrons. The second kappa shape index (κ2) is 5.02. The molecule has 2 aromatic carbocycles. The number of hydrogen-bond acceptors (Lipinski definition) is 3. The first-order chi connectivity index (χ1) is 9.24. The summed E-state index contributed by atoms with van der Waals surface area (Å²) in [6, 6.07) is 14.7. The lowest BCUT2D eigenvalue weighted by atomic mass is 10.1. The van der Waals surface area contributed by atoms with Gasteiger partial charge < -0.3 is 5.32 Å². The lowest BCUT2D eigenvalue weighted by molar-refractivity contribution is 1.14. The summed E-state index contributed by atoms with van der Waals surface area (Å²) in [5.41, 5.74) is 4.94. The molecular formula is C16H16N2S. The quantitative estimate of drug-likeness (QED) is 0.755. The number of nitrogens with zero attached hydrogens (tertiary/aromatic N) is 1. The van der Waals surface area contributed by atoms with Crippen LogP contribution in [0.1, 0.15) is 16.7 Å². The van der Waals surface area contributed by atoms with Crippen molar-refractivity contribution in [2.75, 3.05) is 5.32 Å². The highest BCUT2D eigenvalue weighted by Gasteiger charge is 2.07. The Bertz CT molecular complexity index is 662. The predicted octanol–water partition coefficient (Wildman–Crippen LogP) is 4.53. The van der Waals surface area contributed by atoms with Crippen molar-refractivity contribution < 1.29 is 0 Å². The van der Waals surface area contributed by atoms with E-state index in [4.69, 9.17) is 4.98 Å². The van der Waals surface area contributed by atoms with Gasteiger partial charge in [0.1, 0.15) is 0 Å². The van der Waals surface area contributed by atoms with Crippen molar-refractivity contribution in [2.45, 2.75) is 20.4 Å². The number of aryl methyl sites for hydroxylation is 2. The van der Waals surface area contributed by atoms with E-state index in [1.165, 1.54) is 21.4 Å². The van der Waals surface area contributed by atoms with Gasteiger partial charge in [0.05, 0.1) is 10.2 Å². The van der Waals surface area contributed by atoms with Gasteiger partial charge in [-0.25, -0.2) is 4.98 Å². The summed E-state index contributed by atoms with van der Waals surface area (Å²) < 4.78 is 1.29. The van der Waals surface area contributed by atoms with E-state index < -0.39 is 0 Å². The molecular weight excluding hydrogens is 252 g/mol. The average Bonchev–Trinajstić information content (AvgIpc) is 2.87. The fourth-order valence-corrected chi connectivity index (χ4v) is 3.12. The molecule has 19 heavy (non-hydrogen) atoms. The van der Waals surface area contributed by atoms with Gasteiger partial charge >= 0.3 is 0 Å². The average molecular weight is 268 g/mol. The second-order valence-electron chi connectivity index (χ2n) is 4.74. The maximum absolute atomic E-state index is 4.70. The van der Waals surface area contributed by atoms with Crippen molar-refractivity contribution in [2.24, 2.45) is 0 Å². The first-order valence-corrected chi connectivity index (χ1v) is 7.20. The third-order valence-corrected chi connectivity index (χ3v) is 4.38. The number of nitrogens with one attached hydrogen (secondary N) is 1. The van der Waals surface area contributed by atoms with E-state index in [-0.39, 0.29) is 0 Å². The number of aromatic nitrogens is 1. The number of rotatable bonds is 3. The fraction of sp³-hybridized carbons (Fsp3) is 0.188. The number of thiazole rings is 1. The number of hydrogen-bond donors (Lipinski definition) is 1. The minimum absolute atomic E-state index is 0.818. The minimum Gasteiger partial charge on any atom is -0.357 e. The molecule has 3 aromatic rings. The first kappa shape index (κ1) is 12.2. The zero-order chi connectivity index (χ0) is 13.2. The maximum Gasteiger partial charge on any atom is 0.184 e. The number of fused-ring (bicyclic) bond motifs is 1. The van der Waals surface area contributed by atoms with Crippen LogP contribution in [0.25, 0.3) is 10.2 Å². The van der Waals surface area contributed by atoms with Crippen LogP contribution in [0.5, 0.6) is 0 Å². The normalized spacial score (nSPS) is 10.8. The molecule has 0 unspecified atom stereocenters. The monoisotopic (exact) mass is 268 g/mol. The topological polar surface area (TPSA) is 24.9 Å². The van der Waals surface area contributed by atoms with Crippen LogP contribution in [0.4, 0.5) is 5.13 Å². The minimum atomic E-state index is 0.818. The van der Waals surface area contributed by atoms with Crippen molar-refractivity contribution in [3.63, 3.8) is 0 Å². The summed E-state index contributed by atoms with van der Waals surface area (Å²) in [6.45, 7) is 5.07. The smallest absolute Gasteiger partial charge is 0.184 e. The lowest BCUT2D eigenvalue weighted by Crippen LogP contribution is -1.98. The molecule has 0 saturated heterocycles. The highest BCUT2D eigenvalue weighted by molar-refractivity contribution is 7.22. The van der Waals surface area contributed by atoms with Gasteiger partial charge in [-0.15, -0.1) is 0 Å². The third kappa shape index (κ3) is 2.47. The van der Waals surface area contributed by atoms with Crippen LogP contribution in [0, 0.1) is 13.8 Å². The van der Waals surface area contributed by atoms with Gasteiger partial charge in [0.2, 0.25) is 0 Å². The molecule has 1 N–H and O–H groups in total. The summed E-state index contributed by atoms with van der Waals surface area (Å²) in [6.07, 6.45) is 0. The highest BCUT2D eigenvalue weighted by Crippen LogP contribution is 2.30. The molecule has 2 nitrogen and oxygen atoms in total. The van der Waals surface area contributed by atoms with Crippen LogP contribution in [0.15, 0.2) is 42.5 Å². The summed E-state index contributed by atoms with van der Waals surface area (Å²) in [5, 5.41) is 4.41. The maximum atomic E-state index is 4.70. The highest BCUT2D eigenvalue weighted by atomic mass is 32.1. The molecule has 0 bridgehead atoms. The predicted molar refractivity (Wildman–Crippen MR) is 82.9 cm³/mol. The Morgan fingerprint density at radius 3 is 2.47 bits per heavy atom. The molecule has 0 aliphatic rings. The third-order valence-electron chi connectivity index (χ3n) is 3.23. The molecule has 0 saturated carbocycles. The van der Waals surface area contributed by atoms with E-state index >= 15 is 0 Å². The Hall–Kier alpha value is -1.87. The molecule has 96 valence electrons. The second-order valence-corrected chi connectivity index (χ2v) is 5.73. The SMILES string of the molecule is Cc1ccc(C)c2sc(NCc3ccccc3)nc12. The Morgan fingerprint density at radius 1 is 1.00 bits per heavy atom. The van der Waals surface area contributed by atoms with E-state index in [0.717, 1.165) is 17.2 Å². The lowest BCUT2D eigenvalue weighted by Gasteiger charge is -2.01. The Morgan fingerprint density at radius 2 is 1.74 bits per heavy atom. The number of anilines is 1. The van der Waals surface area contributed by atoms with Gasteiger partial charge in [-0.2, -0.15) is 0 Å². The fourth-order valence-electron chi connectivity index (χ4n) is 2.11. The summed E-state index contributed by atoms with van der Waals surface area (Å²) in [7, 11) is 0. The van der Waals surface area contributed by atoms with E-state index in [2.05, 4.69) is 55.6 Å². The van der Waals surface area contributed by atoms with Crippen molar-refractivity contribution >= 4 is 26.7 Å². The van der Waals surface area contributed by atoms with Crippen molar-refractivity contribution in [3.05, 3.63) is 59.2 Å². The molecule has 0 atom stereocenters.